The Morgan fingerprint density at radius 3 is 2.38 bits per heavy atom. The van der Waals surface area contributed by atoms with Crippen LogP contribution in [-0.4, -0.2) is 39.2 Å². The van der Waals surface area contributed by atoms with E-state index < -0.39 is 18.1 Å². The molecule has 4 aromatic rings. The summed E-state index contributed by atoms with van der Waals surface area (Å²) < 4.78 is 45.7. The van der Waals surface area contributed by atoms with Crippen LogP contribution >= 0.6 is 0 Å². The summed E-state index contributed by atoms with van der Waals surface area (Å²) in [7, 11) is 0. The Morgan fingerprint density at radius 2 is 1.73 bits per heavy atom. The molecule has 2 amide bonds. The third-order valence-corrected chi connectivity index (χ3v) is 6.29. The van der Waals surface area contributed by atoms with E-state index in [1.54, 1.807) is 22.2 Å². The molecule has 0 N–H and O–H groups in total. The van der Waals surface area contributed by atoms with Crippen molar-refractivity contribution in [3.63, 3.8) is 0 Å². The highest BCUT2D eigenvalue weighted by molar-refractivity contribution is 5.92. The Morgan fingerprint density at radius 1 is 0.973 bits per heavy atom. The molecule has 3 heterocycles. The van der Waals surface area contributed by atoms with Gasteiger partial charge in [0, 0.05) is 42.3 Å². The number of carbonyl (C=O) groups excluding carboxylic acids is 1. The number of alkyl halides is 2. The highest BCUT2D eigenvalue weighted by Crippen LogP contribution is 2.28. The summed E-state index contributed by atoms with van der Waals surface area (Å²) in [5.74, 6) is -1.64. The smallest absolute Gasteiger partial charge is 0.324 e. The number of rotatable bonds is 6. The van der Waals surface area contributed by atoms with Crippen molar-refractivity contribution in [2.75, 3.05) is 18.0 Å². The fourth-order valence-electron chi connectivity index (χ4n) is 4.31. The van der Waals surface area contributed by atoms with Gasteiger partial charge in [0.05, 0.1) is 6.54 Å². The van der Waals surface area contributed by atoms with Gasteiger partial charge in [-0.05, 0) is 60.7 Å². The second-order valence-electron chi connectivity index (χ2n) is 8.76. The first-order chi connectivity index (χ1) is 18.0. The molecular weight excluding hydrogens is 483 g/mol. The first-order valence-corrected chi connectivity index (χ1v) is 12.0. The first-order valence-electron chi connectivity index (χ1n) is 12.0. The van der Waals surface area contributed by atoms with E-state index in [4.69, 9.17) is 4.42 Å². The number of anilines is 1. The molecule has 37 heavy (non-hydrogen) atoms. The highest BCUT2D eigenvalue weighted by Gasteiger charge is 2.25. The van der Waals surface area contributed by atoms with Crippen molar-refractivity contribution in [3.05, 3.63) is 84.3 Å². The van der Waals surface area contributed by atoms with Gasteiger partial charge in [0.1, 0.15) is 5.82 Å². The van der Waals surface area contributed by atoms with Crippen LogP contribution in [0.5, 0.6) is 0 Å². The van der Waals surface area contributed by atoms with Gasteiger partial charge in [-0.15, -0.1) is 10.2 Å². The Kier molecular flexibility index (Phi) is 7.16. The van der Waals surface area contributed by atoms with Gasteiger partial charge in [-0.1, -0.05) is 24.3 Å². The van der Waals surface area contributed by atoms with Gasteiger partial charge < -0.3 is 9.32 Å². The van der Waals surface area contributed by atoms with Crippen LogP contribution in [0.25, 0.3) is 22.6 Å². The molecule has 0 radical (unpaired) electrons. The molecule has 1 fully saturated rings. The standard InChI is InChI=1S/C27H24F3N5O2/c28-23-15-19(25-32-33-26(37-25)24(29)30)6-7-21(23)17-35(27(36)34-13-2-1-3-14-34)22-10-8-18(9-11-22)20-5-4-12-31-16-20/h4-12,15-16,24H,1-3,13-14,17H2. The Bertz CT molecular complexity index is 1360. The number of aromatic nitrogens is 3. The summed E-state index contributed by atoms with van der Waals surface area (Å²) in [6, 6.07) is 15.2. The molecular formula is C27H24F3N5O2. The lowest BCUT2D eigenvalue weighted by molar-refractivity contribution is 0.116. The monoisotopic (exact) mass is 507 g/mol. The average Bonchev–Trinajstić information content (AvgIpc) is 3.44. The summed E-state index contributed by atoms with van der Waals surface area (Å²) in [5.41, 5.74) is 2.96. The van der Waals surface area contributed by atoms with E-state index in [2.05, 4.69) is 15.2 Å². The van der Waals surface area contributed by atoms with E-state index in [1.807, 2.05) is 36.4 Å². The molecule has 7 nitrogen and oxygen atoms in total. The number of pyridine rings is 1. The summed E-state index contributed by atoms with van der Waals surface area (Å²) in [6.07, 6.45) is 3.47. The predicted octanol–water partition coefficient (Wildman–Crippen LogP) is 6.49. The van der Waals surface area contributed by atoms with E-state index in [0.717, 1.165) is 36.5 Å². The minimum Gasteiger partial charge on any atom is -0.415 e. The second-order valence-corrected chi connectivity index (χ2v) is 8.76. The van der Waals surface area contributed by atoms with Crippen molar-refractivity contribution in [2.24, 2.45) is 0 Å². The first kappa shape index (κ1) is 24.5. The molecule has 10 heteroatoms. The Balaban J connectivity index is 1.43. The maximum Gasteiger partial charge on any atom is 0.324 e. The lowest BCUT2D eigenvalue weighted by Gasteiger charge is -2.33. The number of piperidine rings is 1. The molecule has 5 rings (SSSR count). The van der Waals surface area contributed by atoms with Crippen LogP contribution in [0.4, 0.5) is 23.7 Å². The molecule has 1 aliphatic rings. The van der Waals surface area contributed by atoms with Crippen molar-refractivity contribution >= 4 is 11.7 Å². The predicted molar refractivity (Wildman–Crippen MR) is 131 cm³/mol. The number of amides is 2. The molecule has 190 valence electrons. The number of carbonyl (C=O) groups is 1. The number of benzene rings is 2. The molecule has 0 bridgehead atoms. The Hall–Kier alpha value is -4.21. The van der Waals surface area contributed by atoms with Crippen LogP contribution in [0, 0.1) is 5.82 Å². The SMILES string of the molecule is O=C(N1CCCCC1)N(Cc1ccc(-c2nnc(C(F)F)o2)cc1F)c1ccc(-c2cccnc2)cc1. The Labute approximate surface area is 211 Å². The van der Waals surface area contributed by atoms with Crippen molar-refractivity contribution in [3.8, 4) is 22.6 Å². The van der Waals surface area contributed by atoms with Gasteiger partial charge >= 0.3 is 12.5 Å². The lowest BCUT2D eigenvalue weighted by atomic mass is 10.1. The number of likely N-dealkylation sites (tertiary alicyclic amines) is 1. The van der Waals surface area contributed by atoms with Crippen LogP contribution in [0.3, 0.4) is 0 Å². The molecule has 0 spiro atoms. The number of halogens is 3. The molecule has 0 aliphatic carbocycles. The lowest BCUT2D eigenvalue weighted by Crippen LogP contribution is -2.45. The number of hydrogen-bond acceptors (Lipinski definition) is 5. The molecule has 0 saturated carbocycles. The second kappa shape index (κ2) is 10.8. The van der Waals surface area contributed by atoms with Crippen molar-refractivity contribution in [2.45, 2.75) is 32.2 Å². The minimum absolute atomic E-state index is 0.0141. The van der Waals surface area contributed by atoms with Crippen LogP contribution in [0.1, 0.15) is 37.1 Å². The molecule has 1 aliphatic heterocycles. The quantitative estimate of drug-likeness (QED) is 0.298. The normalized spacial score (nSPS) is 13.7. The van der Waals surface area contributed by atoms with E-state index in [1.165, 1.54) is 12.1 Å². The zero-order chi connectivity index (χ0) is 25.8. The van der Waals surface area contributed by atoms with Gasteiger partial charge in [0.25, 0.3) is 5.89 Å². The van der Waals surface area contributed by atoms with E-state index >= 15 is 4.39 Å². The summed E-state index contributed by atoms with van der Waals surface area (Å²) >= 11 is 0. The van der Waals surface area contributed by atoms with Crippen molar-refractivity contribution in [1.29, 1.82) is 0 Å². The summed E-state index contributed by atoms with van der Waals surface area (Å²) in [6.45, 7) is 1.28. The molecule has 1 saturated heterocycles. The largest absolute Gasteiger partial charge is 0.415 e. The molecule has 0 unspecified atom stereocenters. The van der Waals surface area contributed by atoms with Gasteiger partial charge in [0.2, 0.25) is 5.89 Å². The van der Waals surface area contributed by atoms with Gasteiger partial charge in [-0.3, -0.25) is 9.88 Å². The van der Waals surface area contributed by atoms with Crippen molar-refractivity contribution in [1.82, 2.24) is 20.1 Å². The van der Waals surface area contributed by atoms with Gasteiger partial charge in [0.15, 0.2) is 0 Å². The summed E-state index contributed by atoms with van der Waals surface area (Å²) in [4.78, 5) is 21.0. The number of nitrogens with zero attached hydrogens (tertiary/aromatic N) is 5. The average molecular weight is 508 g/mol. The van der Waals surface area contributed by atoms with Crippen molar-refractivity contribution < 1.29 is 22.4 Å². The van der Waals surface area contributed by atoms with Crippen LogP contribution in [0.2, 0.25) is 0 Å². The maximum absolute atomic E-state index is 15.2. The third-order valence-electron chi connectivity index (χ3n) is 6.29. The minimum atomic E-state index is -2.91. The van der Waals surface area contributed by atoms with E-state index in [0.29, 0.717) is 18.8 Å². The van der Waals surface area contributed by atoms with Gasteiger partial charge in [-0.25, -0.2) is 9.18 Å². The number of hydrogen-bond donors (Lipinski definition) is 0. The van der Waals surface area contributed by atoms with Crippen LogP contribution in [-0.2, 0) is 6.54 Å². The zero-order valence-electron chi connectivity index (χ0n) is 19.9. The van der Waals surface area contributed by atoms with Crippen LogP contribution < -0.4 is 4.90 Å². The summed E-state index contributed by atoms with van der Waals surface area (Å²) in [5, 5.41) is 6.86. The number of urea groups is 1. The van der Waals surface area contributed by atoms with E-state index in [-0.39, 0.29) is 29.6 Å². The molecule has 2 aromatic carbocycles. The molecule has 0 atom stereocenters. The van der Waals surface area contributed by atoms with Crippen LogP contribution in [0.15, 0.2) is 71.4 Å². The zero-order valence-corrected chi connectivity index (χ0v) is 19.9. The topological polar surface area (TPSA) is 75.4 Å². The molecule has 2 aromatic heterocycles. The van der Waals surface area contributed by atoms with E-state index in [9.17, 15) is 13.6 Å². The highest BCUT2D eigenvalue weighted by atomic mass is 19.3. The van der Waals surface area contributed by atoms with Gasteiger partial charge in [-0.2, -0.15) is 8.78 Å². The maximum atomic E-state index is 15.2. The fraction of sp³-hybridized carbons (Fsp3) is 0.259. The third kappa shape index (κ3) is 5.47. The fourth-order valence-corrected chi connectivity index (χ4v) is 4.31.